The van der Waals surface area contributed by atoms with Crippen molar-refractivity contribution in [2.75, 3.05) is 19.0 Å². The van der Waals surface area contributed by atoms with Gasteiger partial charge in [-0.05, 0) is 24.6 Å². The third-order valence-corrected chi connectivity index (χ3v) is 2.48. The molecule has 1 aromatic carbocycles. The van der Waals surface area contributed by atoms with Gasteiger partial charge in [-0.15, -0.1) is 0 Å². The van der Waals surface area contributed by atoms with Gasteiger partial charge in [-0.1, -0.05) is 11.6 Å². The van der Waals surface area contributed by atoms with E-state index in [1.165, 1.54) is 0 Å². The Morgan fingerprint density at radius 1 is 1.65 bits per heavy atom. The molecule has 0 fully saturated rings. The second-order valence-corrected chi connectivity index (χ2v) is 3.94. The molecule has 17 heavy (non-hydrogen) atoms. The number of nitrogens with two attached hydrogens (primary N) is 1. The molecule has 0 aliphatic carbocycles. The van der Waals surface area contributed by atoms with Gasteiger partial charge < -0.3 is 20.9 Å². The van der Waals surface area contributed by atoms with E-state index in [0.29, 0.717) is 23.7 Å². The third kappa shape index (κ3) is 4.13. The zero-order chi connectivity index (χ0) is 12.8. The monoisotopic (exact) mass is 258 g/mol. The van der Waals surface area contributed by atoms with E-state index in [0.717, 1.165) is 5.69 Å². The highest BCUT2D eigenvalue weighted by atomic mass is 35.5. The van der Waals surface area contributed by atoms with Crippen LogP contribution in [0.25, 0.3) is 0 Å². The van der Waals surface area contributed by atoms with Crippen LogP contribution in [0.4, 0.5) is 5.69 Å². The van der Waals surface area contributed by atoms with E-state index in [4.69, 9.17) is 27.2 Å². The molecule has 94 valence electrons. The van der Waals surface area contributed by atoms with Gasteiger partial charge in [0.25, 0.3) is 0 Å². The molecule has 0 heterocycles. The smallest absolute Gasteiger partial charge is 0.320 e. The minimum absolute atomic E-state index is 0.324. The molecule has 5 nitrogen and oxygen atoms in total. The number of nitrogens with one attached hydrogen (secondary N) is 1. The van der Waals surface area contributed by atoms with Crippen LogP contribution in [0, 0.1) is 0 Å². The molecule has 1 atom stereocenters. The first-order valence-corrected chi connectivity index (χ1v) is 5.48. The van der Waals surface area contributed by atoms with Crippen molar-refractivity contribution in [2.24, 2.45) is 5.73 Å². The van der Waals surface area contributed by atoms with Crippen LogP contribution in [0.3, 0.4) is 0 Å². The third-order valence-electron chi connectivity index (χ3n) is 2.25. The summed E-state index contributed by atoms with van der Waals surface area (Å²) in [6, 6.07) is 4.30. The largest absolute Gasteiger partial charge is 0.495 e. The van der Waals surface area contributed by atoms with Crippen LogP contribution in [0.5, 0.6) is 5.75 Å². The zero-order valence-electron chi connectivity index (χ0n) is 9.44. The highest BCUT2D eigenvalue weighted by molar-refractivity contribution is 6.30. The van der Waals surface area contributed by atoms with Gasteiger partial charge in [0.15, 0.2) is 0 Å². The maximum absolute atomic E-state index is 10.5. The number of hydrogen-bond donors (Lipinski definition) is 3. The molecule has 0 radical (unpaired) electrons. The van der Waals surface area contributed by atoms with Crippen LogP contribution in [0.1, 0.15) is 6.42 Å². The minimum atomic E-state index is -1.01. The van der Waals surface area contributed by atoms with E-state index in [2.05, 4.69) is 5.32 Å². The van der Waals surface area contributed by atoms with E-state index >= 15 is 0 Å². The molecule has 0 spiro atoms. The Morgan fingerprint density at radius 3 is 2.94 bits per heavy atom. The molecule has 1 aromatic rings. The number of hydrogen-bond acceptors (Lipinski definition) is 4. The molecule has 0 aliphatic rings. The van der Waals surface area contributed by atoms with E-state index in [-0.39, 0.29) is 0 Å². The van der Waals surface area contributed by atoms with Gasteiger partial charge in [0.05, 0.1) is 12.8 Å². The van der Waals surface area contributed by atoms with Crippen molar-refractivity contribution in [3.05, 3.63) is 23.2 Å². The predicted molar refractivity (Wildman–Crippen MR) is 66.7 cm³/mol. The average molecular weight is 259 g/mol. The minimum Gasteiger partial charge on any atom is -0.495 e. The second kappa shape index (κ2) is 6.32. The molecule has 1 rings (SSSR count). The van der Waals surface area contributed by atoms with Crippen LogP contribution >= 0.6 is 11.6 Å². The number of aliphatic carboxylic acids is 1. The van der Waals surface area contributed by atoms with Gasteiger partial charge in [0.2, 0.25) is 0 Å². The number of rotatable bonds is 6. The van der Waals surface area contributed by atoms with Crippen LogP contribution < -0.4 is 15.8 Å². The van der Waals surface area contributed by atoms with Crippen molar-refractivity contribution in [1.29, 1.82) is 0 Å². The Labute approximate surface area is 105 Å². The Morgan fingerprint density at radius 2 is 2.35 bits per heavy atom. The Hall–Kier alpha value is -1.46. The van der Waals surface area contributed by atoms with Crippen molar-refractivity contribution >= 4 is 23.3 Å². The molecule has 0 aliphatic heterocycles. The molecular formula is C11H15ClN2O3. The Bertz CT molecular complexity index is 398. The summed E-state index contributed by atoms with van der Waals surface area (Å²) in [5.41, 5.74) is 6.10. The van der Waals surface area contributed by atoms with Crippen LogP contribution in [-0.4, -0.2) is 30.8 Å². The van der Waals surface area contributed by atoms with Gasteiger partial charge in [-0.25, -0.2) is 0 Å². The van der Waals surface area contributed by atoms with Crippen molar-refractivity contribution in [3.8, 4) is 5.75 Å². The normalized spacial score (nSPS) is 11.9. The van der Waals surface area contributed by atoms with E-state index in [9.17, 15) is 4.79 Å². The molecule has 0 saturated carbocycles. The van der Waals surface area contributed by atoms with Gasteiger partial charge in [0.1, 0.15) is 11.8 Å². The molecule has 1 unspecified atom stereocenters. The lowest BCUT2D eigenvalue weighted by Gasteiger charge is -2.12. The topological polar surface area (TPSA) is 84.6 Å². The summed E-state index contributed by atoms with van der Waals surface area (Å²) in [7, 11) is 1.55. The fraction of sp³-hybridized carbons (Fsp3) is 0.364. The number of carboxylic acid groups (broad SMARTS) is 1. The lowest BCUT2D eigenvalue weighted by atomic mass is 10.2. The molecule has 0 bridgehead atoms. The van der Waals surface area contributed by atoms with Crippen LogP contribution in [-0.2, 0) is 4.79 Å². The first kappa shape index (κ1) is 13.6. The summed E-state index contributed by atoms with van der Waals surface area (Å²) in [5, 5.41) is 12.2. The van der Waals surface area contributed by atoms with Crippen molar-refractivity contribution in [1.82, 2.24) is 0 Å². The Balaban J connectivity index is 2.56. The second-order valence-electron chi connectivity index (χ2n) is 3.50. The summed E-state index contributed by atoms with van der Waals surface area (Å²) in [4.78, 5) is 10.5. The number of carbonyl (C=O) groups is 1. The quantitative estimate of drug-likeness (QED) is 0.721. The zero-order valence-corrected chi connectivity index (χ0v) is 10.2. The first-order valence-electron chi connectivity index (χ1n) is 5.10. The molecule has 4 N–H and O–H groups in total. The molecular weight excluding hydrogens is 244 g/mol. The van der Waals surface area contributed by atoms with E-state index < -0.39 is 12.0 Å². The van der Waals surface area contributed by atoms with Gasteiger partial charge >= 0.3 is 5.97 Å². The number of methoxy groups -OCH3 is 1. The number of carboxylic acids is 1. The van der Waals surface area contributed by atoms with Gasteiger partial charge in [-0.2, -0.15) is 0 Å². The van der Waals surface area contributed by atoms with Crippen LogP contribution in [0.2, 0.25) is 5.02 Å². The summed E-state index contributed by atoms with van der Waals surface area (Å²) in [6.07, 6.45) is 0.324. The maximum Gasteiger partial charge on any atom is 0.320 e. The van der Waals surface area contributed by atoms with Crippen LogP contribution in [0.15, 0.2) is 18.2 Å². The van der Waals surface area contributed by atoms with E-state index in [1.807, 2.05) is 0 Å². The molecule has 6 heteroatoms. The van der Waals surface area contributed by atoms with Crippen molar-refractivity contribution < 1.29 is 14.6 Å². The average Bonchev–Trinajstić information content (AvgIpc) is 2.29. The number of anilines is 1. The number of ether oxygens (including phenoxy) is 1. The predicted octanol–water partition coefficient (Wildman–Crippen LogP) is 1.56. The number of halogens is 1. The van der Waals surface area contributed by atoms with E-state index in [1.54, 1.807) is 25.3 Å². The molecule has 0 amide bonds. The standard InChI is InChI=1S/C11H15ClN2O3/c1-17-10-3-2-7(12)6-9(10)14-5-4-8(13)11(15)16/h2-3,6,8,14H,4-5,13H2,1H3,(H,15,16). The molecule has 0 saturated heterocycles. The first-order chi connectivity index (χ1) is 8.04. The SMILES string of the molecule is COc1ccc(Cl)cc1NCCC(N)C(=O)O. The summed E-state index contributed by atoms with van der Waals surface area (Å²) in [6.45, 7) is 0.435. The number of benzene rings is 1. The van der Waals surface area contributed by atoms with Crippen molar-refractivity contribution in [2.45, 2.75) is 12.5 Å². The van der Waals surface area contributed by atoms with Gasteiger partial charge in [0, 0.05) is 11.6 Å². The fourth-order valence-corrected chi connectivity index (χ4v) is 1.48. The lowest BCUT2D eigenvalue weighted by molar-refractivity contribution is -0.138. The summed E-state index contributed by atoms with van der Waals surface area (Å²) >= 11 is 5.85. The maximum atomic E-state index is 10.5. The molecule has 0 aromatic heterocycles. The summed E-state index contributed by atoms with van der Waals surface area (Å²) in [5.74, 6) is -0.358. The lowest BCUT2D eigenvalue weighted by Crippen LogP contribution is -2.32. The van der Waals surface area contributed by atoms with Crippen molar-refractivity contribution in [3.63, 3.8) is 0 Å². The summed E-state index contributed by atoms with van der Waals surface area (Å²) < 4.78 is 5.14. The van der Waals surface area contributed by atoms with Gasteiger partial charge in [-0.3, -0.25) is 4.79 Å². The Kier molecular flexibility index (Phi) is 5.06. The fourth-order valence-electron chi connectivity index (χ4n) is 1.30. The highest BCUT2D eigenvalue weighted by Crippen LogP contribution is 2.27. The highest BCUT2D eigenvalue weighted by Gasteiger charge is 2.11.